The second kappa shape index (κ2) is 7.80. The van der Waals surface area contributed by atoms with Crippen LogP contribution in [0.15, 0.2) is 12.2 Å². The van der Waals surface area contributed by atoms with Crippen molar-refractivity contribution in [2.75, 3.05) is 13.2 Å². The predicted molar refractivity (Wildman–Crippen MR) is 104 cm³/mol. The van der Waals surface area contributed by atoms with Gasteiger partial charge in [0.25, 0.3) is 0 Å². The van der Waals surface area contributed by atoms with Gasteiger partial charge in [0.15, 0.2) is 9.04 Å². The zero-order chi connectivity index (χ0) is 19.6. The Hall–Kier alpha value is -0.853. The van der Waals surface area contributed by atoms with E-state index in [1.54, 1.807) is 4.90 Å². The Morgan fingerprint density at radius 1 is 1.28 bits per heavy atom. The van der Waals surface area contributed by atoms with Crippen LogP contribution in [-0.4, -0.2) is 49.6 Å². The van der Waals surface area contributed by atoms with Gasteiger partial charge in [-0.2, -0.15) is 0 Å². The largest absolute Gasteiger partial charge is 0.444 e. The minimum Gasteiger partial charge on any atom is -0.444 e. The number of ether oxygens (including phenoxy) is 1. The molecule has 0 radical (unpaired) electrons. The zero-order valence-corrected chi connectivity index (χ0v) is 18.5. The molecule has 0 aromatic carbocycles. The van der Waals surface area contributed by atoms with E-state index in [9.17, 15) is 9.90 Å². The number of nitrogens with zero attached hydrogens (tertiary/aromatic N) is 1. The van der Waals surface area contributed by atoms with Crippen LogP contribution in [0.25, 0.3) is 0 Å². The molecule has 5 nitrogen and oxygen atoms in total. The topological polar surface area (TPSA) is 59.0 Å². The number of carbonyl (C=O) groups is 1. The lowest BCUT2D eigenvalue weighted by atomic mass is 9.72. The average Bonchev–Trinajstić information content (AvgIpc) is 2.74. The molecule has 1 saturated heterocycles. The van der Waals surface area contributed by atoms with Gasteiger partial charge in [-0.25, -0.2) is 4.79 Å². The highest BCUT2D eigenvalue weighted by atomic mass is 28.3. The van der Waals surface area contributed by atoms with Crippen LogP contribution in [-0.2, 0) is 9.16 Å². The van der Waals surface area contributed by atoms with Crippen molar-refractivity contribution < 1.29 is 19.1 Å². The summed E-state index contributed by atoms with van der Waals surface area (Å²) in [4.78, 5) is 14.7. The van der Waals surface area contributed by atoms with E-state index in [4.69, 9.17) is 9.16 Å². The van der Waals surface area contributed by atoms with Gasteiger partial charge in [0.1, 0.15) is 11.3 Å². The molecule has 1 aliphatic heterocycles. The van der Waals surface area contributed by atoms with Gasteiger partial charge in [0.05, 0.1) is 6.61 Å². The van der Waals surface area contributed by atoms with Crippen LogP contribution in [0.4, 0.5) is 4.79 Å². The lowest BCUT2D eigenvalue weighted by Gasteiger charge is -2.48. The third-order valence-electron chi connectivity index (χ3n) is 4.47. The summed E-state index contributed by atoms with van der Waals surface area (Å²) in [6.07, 6.45) is 0.943. The van der Waals surface area contributed by atoms with Gasteiger partial charge < -0.3 is 14.3 Å². The number of carbonyl (C=O) groups excluding carboxylic acids is 1. The maximum atomic E-state index is 12.9. The Labute approximate surface area is 155 Å². The Bertz CT molecular complexity index is 493. The number of hydrogen-bond acceptors (Lipinski definition) is 4. The summed E-state index contributed by atoms with van der Waals surface area (Å²) in [6, 6.07) is 0. The molecule has 6 heteroatoms. The normalized spacial score (nSPS) is 24.7. The first-order chi connectivity index (χ1) is 11.2. The maximum absolute atomic E-state index is 12.9. The molecule has 1 fully saturated rings. The highest BCUT2D eigenvalue weighted by Gasteiger charge is 2.56. The van der Waals surface area contributed by atoms with Crippen LogP contribution in [0.1, 0.15) is 54.4 Å². The summed E-state index contributed by atoms with van der Waals surface area (Å²) in [6.45, 7) is 20.8. The SMILES string of the molecule is C=C(CO)CC1(O[SiH](C)C)C(C(C)(C)C)CCN1C(=O)OC(C)(C)C. The second-order valence-corrected chi connectivity index (χ2v) is 11.8. The van der Waals surface area contributed by atoms with Crippen molar-refractivity contribution in [3.05, 3.63) is 12.2 Å². The molecule has 2 unspecified atom stereocenters. The molecule has 1 N–H and O–H groups in total. The summed E-state index contributed by atoms with van der Waals surface area (Å²) < 4.78 is 12.2. The summed E-state index contributed by atoms with van der Waals surface area (Å²) >= 11 is 0. The van der Waals surface area contributed by atoms with Crippen LogP contribution in [0.3, 0.4) is 0 Å². The van der Waals surface area contributed by atoms with Crippen LogP contribution in [0.5, 0.6) is 0 Å². The minimum absolute atomic E-state index is 0.0458. The van der Waals surface area contributed by atoms with E-state index in [0.717, 1.165) is 6.42 Å². The van der Waals surface area contributed by atoms with Crippen molar-refractivity contribution in [1.82, 2.24) is 4.90 Å². The molecule has 2 atom stereocenters. The average molecular weight is 372 g/mol. The number of likely N-dealkylation sites (tertiary alicyclic amines) is 1. The predicted octanol–water partition coefficient (Wildman–Crippen LogP) is 3.92. The Kier molecular flexibility index (Phi) is 6.92. The maximum Gasteiger partial charge on any atom is 0.412 e. The van der Waals surface area contributed by atoms with E-state index in [1.807, 2.05) is 20.8 Å². The zero-order valence-electron chi connectivity index (χ0n) is 17.3. The lowest BCUT2D eigenvalue weighted by molar-refractivity contribution is -0.113. The molecule has 25 heavy (non-hydrogen) atoms. The molecular weight excluding hydrogens is 334 g/mol. The van der Waals surface area contributed by atoms with Gasteiger partial charge in [-0.1, -0.05) is 27.4 Å². The summed E-state index contributed by atoms with van der Waals surface area (Å²) in [7, 11) is -1.48. The molecule has 146 valence electrons. The molecule has 0 saturated carbocycles. The highest BCUT2D eigenvalue weighted by molar-refractivity contribution is 6.48. The number of aliphatic hydroxyl groups is 1. The second-order valence-electron chi connectivity index (χ2n) is 9.44. The van der Waals surface area contributed by atoms with Crippen molar-refractivity contribution >= 4 is 15.1 Å². The molecule has 0 spiro atoms. The van der Waals surface area contributed by atoms with Gasteiger partial charge in [0.2, 0.25) is 0 Å². The monoisotopic (exact) mass is 371 g/mol. The third kappa shape index (κ3) is 5.56. The van der Waals surface area contributed by atoms with Crippen molar-refractivity contribution in [3.8, 4) is 0 Å². The Morgan fingerprint density at radius 2 is 1.84 bits per heavy atom. The number of aliphatic hydroxyl groups excluding tert-OH is 1. The van der Waals surface area contributed by atoms with E-state index >= 15 is 0 Å². The van der Waals surface area contributed by atoms with Crippen molar-refractivity contribution in [2.45, 2.75) is 78.8 Å². The van der Waals surface area contributed by atoms with E-state index < -0.39 is 20.4 Å². The number of rotatable bonds is 5. The van der Waals surface area contributed by atoms with Crippen LogP contribution >= 0.6 is 0 Å². The minimum atomic E-state index is -1.48. The number of hydrogen-bond donors (Lipinski definition) is 1. The first-order valence-electron chi connectivity index (χ1n) is 9.19. The molecule has 0 aromatic rings. The van der Waals surface area contributed by atoms with Crippen molar-refractivity contribution in [1.29, 1.82) is 0 Å². The van der Waals surface area contributed by atoms with Crippen molar-refractivity contribution in [3.63, 3.8) is 0 Å². The molecule has 1 aliphatic rings. The number of amides is 1. The molecule has 0 aliphatic carbocycles. The van der Waals surface area contributed by atoms with E-state index in [2.05, 4.69) is 40.4 Å². The molecule has 1 rings (SSSR count). The van der Waals surface area contributed by atoms with E-state index in [-0.39, 0.29) is 24.0 Å². The first kappa shape index (κ1) is 22.2. The van der Waals surface area contributed by atoms with E-state index in [1.165, 1.54) is 0 Å². The third-order valence-corrected chi connectivity index (χ3v) is 5.35. The fourth-order valence-electron chi connectivity index (χ4n) is 3.76. The Balaban J connectivity index is 3.36. The van der Waals surface area contributed by atoms with Crippen LogP contribution in [0, 0.1) is 11.3 Å². The molecule has 1 heterocycles. The quantitative estimate of drug-likeness (QED) is 0.588. The van der Waals surface area contributed by atoms with Gasteiger partial charge >= 0.3 is 6.09 Å². The van der Waals surface area contributed by atoms with Crippen molar-refractivity contribution in [2.24, 2.45) is 11.3 Å². The lowest BCUT2D eigenvalue weighted by Crippen LogP contribution is -2.58. The standard InChI is InChI=1S/C19H37NO4Si/c1-14(13-21)12-19(24-25(8)9)15(17(2,3)4)10-11-20(19)16(22)23-18(5,6)7/h15,21,25H,1,10-13H2,2-9H3. The van der Waals surface area contributed by atoms with Crippen LogP contribution in [0.2, 0.25) is 13.1 Å². The summed E-state index contributed by atoms with van der Waals surface area (Å²) in [5, 5.41) is 9.57. The highest BCUT2D eigenvalue weighted by Crippen LogP contribution is 2.49. The van der Waals surface area contributed by atoms with Gasteiger partial charge in [-0.15, -0.1) is 0 Å². The molecule has 0 aromatic heterocycles. The van der Waals surface area contributed by atoms with Gasteiger partial charge in [-0.05, 0) is 51.3 Å². The fourth-order valence-corrected chi connectivity index (χ4v) is 4.95. The van der Waals surface area contributed by atoms with Gasteiger partial charge in [-0.3, -0.25) is 4.90 Å². The summed E-state index contributed by atoms with van der Waals surface area (Å²) in [5.74, 6) is 0.144. The molecule has 0 bridgehead atoms. The van der Waals surface area contributed by atoms with E-state index in [0.29, 0.717) is 18.5 Å². The smallest absolute Gasteiger partial charge is 0.412 e. The van der Waals surface area contributed by atoms with Gasteiger partial charge in [0, 0.05) is 18.9 Å². The molecule has 1 amide bonds. The Morgan fingerprint density at radius 3 is 2.24 bits per heavy atom. The first-order valence-corrected chi connectivity index (χ1v) is 12.0. The summed E-state index contributed by atoms with van der Waals surface area (Å²) in [5.41, 5.74) is -0.720. The fraction of sp³-hybridized carbons (Fsp3) is 0.842. The van der Waals surface area contributed by atoms with Crippen LogP contribution < -0.4 is 0 Å². The molecular formula is C19H37NO4Si.